The van der Waals surface area contributed by atoms with Crippen LogP contribution < -0.4 is 0 Å². The lowest BCUT2D eigenvalue weighted by atomic mass is 9.55. The Bertz CT molecular complexity index is 1030. The van der Waals surface area contributed by atoms with Crippen LogP contribution in [0.25, 0.3) is 0 Å². The average molecular weight is 615 g/mol. The standard InChI is InChI=1S/C27H42N2O6S3Si/c1-9-15-34-23(33)28-13-11-17(12-14-28)37-22-18(21(31)32)29-20(30)19(27(29,38-22)36-16-10-2)26(35-39,24(3,4)5)25(6,7)8/h9-10,17,19H,1-2,11-16H2,3-8,39H3,(H,31,32)/t19-,27+/m0/s1. The van der Waals surface area contributed by atoms with Crippen LogP contribution in [-0.2, 0) is 18.8 Å². The van der Waals surface area contributed by atoms with Gasteiger partial charge < -0.3 is 19.2 Å². The van der Waals surface area contributed by atoms with Gasteiger partial charge in [-0.25, -0.2) is 9.59 Å². The van der Waals surface area contributed by atoms with Gasteiger partial charge in [-0.15, -0.1) is 30.1 Å². The van der Waals surface area contributed by atoms with E-state index in [9.17, 15) is 19.5 Å². The third-order valence-corrected chi connectivity index (χ3v) is 13.0. The summed E-state index contributed by atoms with van der Waals surface area (Å²) >= 11 is 4.55. The number of β-lactam (4-membered cyclic amide) rings is 1. The van der Waals surface area contributed by atoms with Crippen molar-refractivity contribution in [2.75, 3.05) is 25.4 Å². The number of hydrogen-bond acceptors (Lipinski definition) is 8. The van der Waals surface area contributed by atoms with E-state index in [0.29, 0.717) is 46.4 Å². The summed E-state index contributed by atoms with van der Waals surface area (Å²) in [5.41, 5.74) is -1.55. The average Bonchev–Trinajstić information content (AvgIpc) is 3.13. The summed E-state index contributed by atoms with van der Waals surface area (Å²) in [4.78, 5) is 42.2. The lowest BCUT2D eigenvalue weighted by molar-refractivity contribution is -0.204. The fourth-order valence-electron chi connectivity index (χ4n) is 6.44. The SMILES string of the molecule is C=CCOC(=O)N1CCC(SC2=C(C(=O)O)N3C(=O)[C@@H](C(O[SiH3])(C(C)(C)C)C(C)(C)C)[C@@]3(SCC=C)S2)CC1. The first-order chi connectivity index (χ1) is 18.1. The summed E-state index contributed by atoms with van der Waals surface area (Å²) in [6, 6.07) is 0. The number of ether oxygens (including phenoxy) is 1. The highest BCUT2D eigenvalue weighted by Crippen LogP contribution is 2.72. The molecule has 39 heavy (non-hydrogen) atoms. The predicted molar refractivity (Wildman–Crippen MR) is 164 cm³/mol. The van der Waals surface area contributed by atoms with Gasteiger partial charge in [0.15, 0.2) is 9.90 Å². The zero-order valence-electron chi connectivity index (χ0n) is 24.1. The molecule has 3 aliphatic heterocycles. The van der Waals surface area contributed by atoms with Gasteiger partial charge in [0.25, 0.3) is 0 Å². The van der Waals surface area contributed by atoms with E-state index in [1.807, 2.05) is 0 Å². The molecule has 0 bridgehead atoms. The molecule has 2 saturated heterocycles. The Morgan fingerprint density at radius 3 is 2.21 bits per heavy atom. The molecule has 0 radical (unpaired) electrons. The molecule has 0 aliphatic carbocycles. The molecule has 3 heterocycles. The summed E-state index contributed by atoms with van der Waals surface area (Å²) in [5.74, 6) is -1.29. The van der Waals surface area contributed by atoms with Crippen molar-refractivity contribution >= 4 is 63.7 Å². The Morgan fingerprint density at radius 2 is 1.74 bits per heavy atom. The molecule has 0 unspecified atom stereocenters. The zero-order valence-corrected chi connectivity index (χ0v) is 28.5. The quantitative estimate of drug-likeness (QED) is 0.214. The van der Waals surface area contributed by atoms with Crippen LogP contribution in [0, 0.1) is 16.7 Å². The normalized spacial score (nSPS) is 24.5. The van der Waals surface area contributed by atoms with Crippen molar-refractivity contribution in [3.8, 4) is 0 Å². The van der Waals surface area contributed by atoms with Crippen molar-refractivity contribution in [2.45, 2.75) is 69.4 Å². The highest BCUT2D eigenvalue weighted by atomic mass is 32.2. The number of likely N-dealkylation sites (tertiary alicyclic amines) is 1. The molecule has 0 aromatic rings. The molecule has 218 valence electrons. The minimum atomic E-state index is -1.10. The number of rotatable bonds is 10. The number of hydrogen-bond donors (Lipinski definition) is 1. The number of piperidine rings is 1. The van der Waals surface area contributed by atoms with Crippen LogP contribution in [0.3, 0.4) is 0 Å². The summed E-state index contributed by atoms with van der Waals surface area (Å²) in [6.07, 6.45) is 4.37. The molecule has 0 spiro atoms. The number of carboxylic acids is 1. The Kier molecular flexibility index (Phi) is 9.79. The predicted octanol–water partition coefficient (Wildman–Crippen LogP) is 4.67. The number of carbonyl (C=O) groups excluding carboxylic acids is 2. The lowest BCUT2D eigenvalue weighted by Gasteiger charge is -2.66. The van der Waals surface area contributed by atoms with Crippen LogP contribution in [0.5, 0.6) is 0 Å². The first-order valence-electron chi connectivity index (χ1n) is 13.1. The molecule has 0 aromatic heterocycles. The molecule has 2 atom stereocenters. The number of aliphatic carboxylic acids is 1. The molecule has 3 aliphatic rings. The highest BCUT2D eigenvalue weighted by molar-refractivity contribution is 8.29. The van der Waals surface area contributed by atoms with E-state index in [1.165, 1.54) is 34.5 Å². The van der Waals surface area contributed by atoms with E-state index >= 15 is 0 Å². The van der Waals surface area contributed by atoms with Crippen LogP contribution in [0.1, 0.15) is 54.4 Å². The lowest BCUT2D eigenvalue weighted by Crippen LogP contribution is -2.78. The van der Waals surface area contributed by atoms with Crippen LogP contribution in [-0.4, -0.2) is 83.9 Å². The van der Waals surface area contributed by atoms with E-state index in [2.05, 4.69) is 54.7 Å². The van der Waals surface area contributed by atoms with Gasteiger partial charge in [-0.3, -0.25) is 9.69 Å². The molecule has 2 amide bonds. The van der Waals surface area contributed by atoms with Gasteiger partial charge in [-0.05, 0) is 23.7 Å². The minimum Gasteiger partial charge on any atom is -0.477 e. The third-order valence-electron chi connectivity index (χ3n) is 7.67. The van der Waals surface area contributed by atoms with E-state index in [-0.39, 0.29) is 29.6 Å². The maximum atomic E-state index is 14.1. The minimum absolute atomic E-state index is 0.0562. The van der Waals surface area contributed by atoms with Gasteiger partial charge in [0.1, 0.15) is 23.0 Å². The Morgan fingerprint density at radius 1 is 1.15 bits per heavy atom. The van der Waals surface area contributed by atoms with Crippen LogP contribution in [0.15, 0.2) is 35.2 Å². The molecular formula is C27H42N2O6S3Si. The van der Waals surface area contributed by atoms with Crippen molar-refractivity contribution < 1.29 is 28.7 Å². The summed E-state index contributed by atoms with van der Waals surface area (Å²) in [6.45, 7) is 21.3. The van der Waals surface area contributed by atoms with Crippen molar-refractivity contribution in [2.24, 2.45) is 16.7 Å². The first kappa shape index (κ1) is 32.2. The topological polar surface area (TPSA) is 96.4 Å². The van der Waals surface area contributed by atoms with Gasteiger partial charge in [-0.1, -0.05) is 72.0 Å². The fraction of sp³-hybridized carbons (Fsp3) is 0.667. The van der Waals surface area contributed by atoms with Gasteiger partial charge in [-0.2, -0.15) is 0 Å². The highest BCUT2D eigenvalue weighted by Gasteiger charge is 2.77. The molecule has 8 nitrogen and oxygen atoms in total. The van der Waals surface area contributed by atoms with Gasteiger partial charge in [0.05, 0.1) is 9.84 Å². The van der Waals surface area contributed by atoms with Crippen molar-refractivity contribution in [1.82, 2.24) is 9.80 Å². The maximum absolute atomic E-state index is 14.1. The Balaban J connectivity index is 1.95. The van der Waals surface area contributed by atoms with E-state index in [4.69, 9.17) is 9.16 Å². The van der Waals surface area contributed by atoms with Crippen molar-refractivity contribution in [3.05, 3.63) is 35.2 Å². The van der Waals surface area contributed by atoms with E-state index < -0.39 is 32.5 Å². The summed E-state index contributed by atoms with van der Waals surface area (Å²) in [5, 5.41) is 10.5. The number of fused-ring (bicyclic) bond motifs is 1. The zero-order chi connectivity index (χ0) is 29.4. The van der Waals surface area contributed by atoms with Crippen LogP contribution >= 0.6 is 35.3 Å². The van der Waals surface area contributed by atoms with E-state index in [1.54, 1.807) is 22.7 Å². The fourth-order valence-corrected chi connectivity index (χ4v) is 13.1. The maximum Gasteiger partial charge on any atom is 0.410 e. The first-order valence-corrected chi connectivity index (χ1v) is 16.6. The smallest absolute Gasteiger partial charge is 0.410 e. The third kappa shape index (κ3) is 5.48. The second-order valence-corrected chi connectivity index (χ2v) is 16.7. The van der Waals surface area contributed by atoms with Crippen molar-refractivity contribution in [1.29, 1.82) is 0 Å². The molecular weight excluding hydrogens is 573 g/mol. The Hall–Kier alpha value is -1.34. The molecule has 3 rings (SSSR count). The monoisotopic (exact) mass is 614 g/mol. The second kappa shape index (κ2) is 11.9. The molecule has 12 heteroatoms. The summed E-state index contributed by atoms with van der Waals surface area (Å²) in [7, 11) is 0.433. The van der Waals surface area contributed by atoms with Gasteiger partial charge in [0, 0.05) is 24.1 Å². The largest absolute Gasteiger partial charge is 0.477 e. The number of carbonyl (C=O) groups is 3. The van der Waals surface area contributed by atoms with E-state index in [0.717, 1.165) is 0 Å². The van der Waals surface area contributed by atoms with Gasteiger partial charge in [0.2, 0.25) is 5.91 Å². The molecule has 0 saturated carbocycles. The Labute approximate surface area is 248 Å². The second-order valence-electron chi connectivity index (χ2n) is 12.0. The number of carboxylic acid groups (broad SMARTS) is 1. The molecule has 0 aromatic carbocycles. The van der Waals surface area contributed by atoms with Crippen molar-refractivity contribution in [3.63, 3.8) is 0 Å². The molecule has 1 N–H and O–H groups in total. The van der Waals surface area contributed by atoms with Gasteiger partial charge >= 0.3 is 12.1 Å². The number of thioether (sulfide) groups is 3. The van der Waals surface area contributed by atoms with Crippen LogP contribution in [0.2, 0.25) is 0 Å². The number of nitrogens with zero attached hydrogens (tertiary/aromatic N) is 2. The summed E-state index contributed by atoms with van der Waals surface area (Å²) < 4.78 is 11.5. The van der Waals surface area contributed by atoms with Crippen LogP contribution in [0.4, 0.5) is 4.79 Å². The molecule has 2 fully saturated rings. The number of amides is 2.